The lowest BCUT2D eigenvalue weighted by Crippen LogP contribution is -2.47. The molecule has 0 N–H and O–H groups in total. The van der Waals surface area contributed by atoms with E-state index in [1.54, 1.807) is 0 Å². The fourth-order valence-electron chi connectivity index (χ4n) is 3.30. The predicted molar refractivity (Wildman–Crippen MR) is 96.7 cm³/mol. The van der Waals surface area contributed by atoms with Crippen molar-refractivity contribution < 1.29 is 14.3 Å². The smallest absolute Gasteiger partial charge is 0.228 e. The lowest BCUT2D eigenvalue weighted by molar-refractivity contribution is -0.187. The minimum absolute atomic E-state index is 0.101. The molecule has 5 nitrogen and oxygen atoms in total. The Hall–Kier alpha value is -1.47. The van der Waals surface area contributed by atoms with Crippen LogP contribution in [0.1, 0.15) is 18.5 Å². The second-order valence-electron chi connectivity index (χ2n) is 6.29. The monoisotopic (exact) mass is 378 g/mol. The fraction of sp³-hybridized carbons (Fsp3) is 0.444. The highest BCUT2D eigenvalue weighted by Crippen LogP contribution is 2.32. The maximum atomic E-state index is 12.6. The van der Waals surface area contributed by atoms with Crippen molar-refractivity contribution in [2.45, 2.75) is 25.0 Å². The number of carbonyl (C=O) groups excluding carboxylic acids is 1. The van der Waals surface area contributed by atoms with Crippen LogP contribution in [0, 0.1) is 0 Å². The third-order valence-corrected chi connectivity index (χ3v) is 5.93. The van der Waals surface area contributed by atoms with E-state index >= 15 is 0 Å². The van der Waals surface area contributed by atoms with Gasteiger partial charge in [0.05, 0.1) is 30.4 Å². The highest BCUT2D eigenvalue weighted by atomic mass is 35.5. The van der Waals surface area contributed by atoms with Gasteiger partial charge in [-0.05, 0) is 6.07 Å². The van der Waals surface area contributed by atoms with Crippen LogP contribution in [0.3, 0.4) is 0 Å². The van der Waals surface area contributed by atoms with Crippen molar-refractivity contribution in [1.29, 1.82) is 0 Å². The van der Waals surface area contributed by atoms with E-state index in [4.69, 9.17) is 21.1 Å². The van der Waals surface area contributed by atoms with Gasteiger partial charge >= 0.3 is 0 Å². The Kier molecular flexibility index (Phi) is 4.78. The summed E-state index contributed by atoms with van der Waals surface area (Å²) in [6, 6.07) is 7.62. The van der Waals surface area contributed by atoms with E-state index in [-0.39, 0.29) is 5.91 Å². The van der Waals surface area contributed by atoms with Crippen LogP contribution < -0.4 is 0 Å². The zero-order chi connectivity index (χ0) is 17.3. The first-order valence-electron chi connectivity index (χ1n) is 8.40. The largest absolute Gasteiger partial charge is 0.347 e. The molecule has 1 amide bonds. The van der Waals surface area contributed by atoms with Crippen LogP contribution in [0.5, 0.6) is 0 Å². The second-order valence-corrected chi connectivity index (χ2v) is 7.55. The quantitative estimate of drug-likeness (QED) is 0.821. The van der Waals surface area contributed by atoms with Gasteiger partial charge in [0.15, 0.2) is 5.79 Å². The van der Waals surface area contributed by atoms with Crippen LogP contribution in [0.25, 0.3) is 10.6 Å². The summed E-state index contributed by atoms with van der Waals surface area (Å²) in [5.74, 6) is -0.349. The molecular formula is C18H19ClN2O3S. The first kappa shape index (κ1) is 17.0. The van der Waals surface area contributed by atoms with Gasteiger partial charge in [-0.2, -0.15) is 0 Å². The lowest BCUT2D eigenvalue weighted by Gasteiger charge is -2.37. The Morgan fingerprint density at radius 1 is 1.24 bits per heavy atom. The predicted octanol–water partition coefficient (Wildman–Crippen LogP) is 3.37. The highest BCUT2D eigenvalue weighted by Gasteiger charge is 2.40. The number of halogens is 1. The molecule has 25 heavy (non-hydrogen) atoms. The lowest BCUT2D eigenvalue weighted by atomic mass is 10.0. The van der Waals surface area contributed by atoms with E-state index < -0.39 is 5.79 Å². The minimum atomic E-state index is -0.450. The molecule has 2 aliphatic rings. The summed E-state index contributed by atoms with van der Waals surface area (Å²) >= 11 is 7.74. The molecule has 7 heteroatoms. The molecule has 2 saturated heterocycles. The van der Waals surface area contributed by atoms with Crippen LogP contribution in [0.4, 0.5) is 0 Å². The third-order valence-electron chi connectivity index (χ3n) is 4.68. The van der Waals surface area contributed by atoms with Crippen LogP contribution in [-0.4, -0.2) is 47.9 Å². The van der Waals surface area contributed by atoms with Crippen molar-refractivity contribution in [1.82, 2.24) is 9.88 Å². The van der Waals surface area contributed by atoms with Crippen molar-refractivity contribution in [2.75, 3.05) is 26.3 Å². The second kappa shape index (κ2) is 7.03. The van der Waals surface area contributed by atoms with Crippen molar-refractivity contribution in [3.63, 3.8) is 0 Å². The molecule has 0 bridgehead atoms. The van der Waals surface area contributed by atoms with Crippen LogP contribution in [0.2, 0.25) is 5.02 Å². The van der Waals surface area contributed by atoms with Gasteiger partial charge < -0.3 is 14.4 Å². The summed E-state index contributed by atoms with van der Waals surface area (Å²) in [5.41, 5.74) is 1.70. The number of likely N-dealkylation sites (tertiary alicyclic amines) is 1. The van der Waals surface area contributed by atoms with Gasteiger partial charge in [-0.15, -0.1) is 11.3 Å². The number of carbonyl (C=O) groups is 1. The topological polar surface area (TPSA) is 51.7 Å². The van der Waals surface area contributed by atoms with E-state index in [0.717, 1.165) is 29.1 Å². The first-order valence-corrected chi connectivity index (χ1v) is 9.66. The average molecular weight is 379 g/mol. The van der Waals surface area contributed by atoms with Crippen molar-refractivity contribution in [3.05, 3.63) is 40.4 Å². The summed E-state index contributed by atoms with van der Waals surface area (Å²) < 4.78 is 11.4. The molecule has 0 saturated carbocycles. The Morgan fingerprint density at radius 2 is 1.96 bits per heavy atom. The average Bonchev–Trinajstić information content (AvgIpc) is 3.26. The molecular weight excluding hydrogens is 360 g/mol. The molecule has 2 aliphatic heterocycles. The number of thiazole rings is 1. The molecule has 3 heterocycles. The molecule has 2 aromatic rings. The third kappa shape index (κ3) is 3.58. The molecule has 4 rings (SSSR count). The van der Waals surface area contributed by atoms with E-state index in [1.165, 1.54) is 11.3 Å². The highest BCUT2D eigenvalue weighted by molar-refractivity contribution is 7.13. The zero-order valence-corrected chi connectivity index (χ0v) is 15.3. The molecule has 1 aromatic heterocycles. The fourth-order valence-corrected chi connectivity index (χ4v) is 4.44. The van der Waals surface area contributed by atoms with Gasteiger partial charge in [-0.3, -0.25) is 4.79 Å². The van der Waals surface area contributed by atoms with E-state index in [1.807, 2.05) is 34.5 Å². The number of hydrogen-bond donors (Lipinski definition) is 0. The maximum absolute atomic E-state index is 12.6. The Morgan fingerprint density at radius 3 is 2.68 bits per heavy atom. The summed E-state index contributed by atoms with van der Waals surface area (Å²) in [6.45, 7) is 2.63. The molecule has 1 spiro atoms. The molecule has 0 unspecified atom stereocenters. The van der Waals surface area contributed by atoms with Gasteiger partial charge in [0, 0.05) is 36.9 Å². The van der Waals surface area contributed by atoms with E-state index in [9.17, 15) is 4.79 Å². The van der Waals surface area contributed by atoms with Crippen LogP contribution in [-0.2, 0) is 20.7 Å². The number of amides is 1. The van der Waals surface area contributed by atoms with Gasteiger partial charge in [0.1, 0.15) is 5.01 Å². The Bertz CT molecular complexity index is 763. The standard InChI is InChI=1S/C18H19ClN2O3S/c19-15-4-2-1-3-14(15)17-20-13(12-25-17)11-16(22)21-7-5-18(6-8-21)23-9-10-24-18/h1-4,12H,5-11H2. The van der Waals surface area contributed by atoms with Gasteiger partial charge in [0.25, 0.3) is 0 Å². The first-order chi connectivity index (χ1) is 12.2. The van der Waals surface area contributed by atoms with Crippen molar-refractivity contribution in [2.24, 2.45) is 0 Å². The van der Waals surface area contributed by atoms with Gasteiger partial charge in [-0.1, -0.05) is 29.8 Å². The van der Waals surface area contributed by atoms with E-state index in [2.05, 4.69) is 4.98 Å². The Labute approximate surface area is 155 Å². The number of piperidine rings is 1. The maximum Gasteiger partial charge on any atom is 0.228 e. The van der Waals surface area contributed by atoms with E-state index in [0.29, 0.717) is 37.7 Å². The minimum Gasteiger partial charge on any atom is -0.347 e. The van der Waals surface area contributed by atoms with Crippen LogP contribution in [0.15, 0.2) is 29.6 Å². The SMILES string of the molecule is O=C(Cc1csc(-c2ccccc2Cl)n1)N1CCC2(CC1)OCCO2. The number of aromatic nitrogens is 1. The van der Waals surface area contributed by atoms with Gasteiger partial charge in [-0.25, -0.2) is 4.98 Å². The normalized spacial score (nSPS) is 19.5. The molecule has 0 aliphatic carbocycles. The van der Waals surface area contributed by atoms with Crippen molar-refractivity contribution in [3.8, 4) is 10.6 Å². The summed E-state index contributed by atoms with van der Waals surface area (Å²) in [5, 5.41) is 3.46. The molecule has 132 valence electrons. The van der Waals surface area contributed by atoms with Crippen molar-refractivity contribution >= 4 is 28.8 Å². The number of hydrogen-bond acceptors (Lipinski definition) is 5. The number of nitrogens with zero attached hydrogens (tertiary/aromatic N) is 2. The molecule has 0 atom stereocenters. The zero-order valence-electron chi connectivity index (χ0n) is 13.7. The molecule has 1 aromatic carbocycles. The molecule has 0 radical (unpaired) electrons. The summed E-state index contributed by atoms with van der Waals surface area (Å²) in [4.78, 5) is 19.0. The van der Waals surface area contributed by atoms with Gasteiger partial charge in [0.2, 0.25) is 5.91 Å². The summed E-state index contributed by atoms with van der Waals surface area (Å²) in [7, 11) is 0. The number of benzene rings is 1. The van der Waals surface area contributed by atoms with Crippen LogP contribution >= 0.6 is 22.9 Å². The number of rotatable bonds is 3. The molecule has 2 fully saturated rings. The Balaban J connectivity index is 1.38. The number of ether oxygens (including phenoxy) is 2. The summed E-state index contributed by atoms with van der Waals surface area (Å²) in [6.07, 6.45) is 1.79.